The predicted molar refractivity (Wildman–Crippen MR) is 71.7 cm³/mol. The molecule has 0 aromatic rings. The lowest BCUT2D eigenvalue weighted by molar-refractivity contribution is 0.0972. The Balaban J connectivity index is 2.40. The molecule has 0 radical (unpaired) electrons. The van der Waals surface area contributed by atoms with Crippen molar-refractivity contribution in [2.24, 2.45) is 11.8 Å². The van der Waals surface area contributed by atoms with Gasteiger partial charge in [0.05, 0.1) is 0 Å². The molecular weight excluding hydrogens is 202 g/mol. The third-order valence-electron chi connectivity index (χ3n) is 3.95. The van der Waals surface area contributed by atoms with Crippen LogP contribution in [0.15, 0.2) is 0 Å². The van der Waals surface area contributed by atoms with Crippen LogP contribution in [0.2, 0.25) is 0 Å². The van der Waals surface area contributed by atoms with Gasteiger partial charge in [0.25, 0.3) is 0 Å². The molecule has 0 aliphatic carbocycles. The summed E-state index contributed by atoms with van der Waals surface area (Å²) in [5, 5.41) is 0. The fourth-order valence-electron chi connectivity index (χ4n) is 2.66. The Bertz CT molecular complexity index is 172. The molecular formula is C13H27NS. The molecule has 90 valence electrons. The van der Waals surface area contributed by atoms with E-state index in [9.17, 15) is 0 Å². The Kier molecular flexibility index (Phi) is 6.06. The normalized spacial score (nSPS) is 30.4. The van der Waals surface area contributed by atoms with Gasteiger partial charge in [0.15, 0.2) is 0 Å². The molecule has 3 unspecified atom stereocenters. The quantitative estimate of drug-likeness (QED) is 0.707. The number of piperidine rings is 1. The van der Waals surface area contributed by atoms with Crippen LogP contribution >= 0.6 is 12.6 Å². The smallest absolute Gasteiger partial charge is 0.00926 e. The average molecular weight is 229 g/mol. The second kappa shape index (κ2) is 6.80. The second-order valence-corrected chi connectivity index (χ2v) is 5.56. The van der Waals surface area contributed by atoms with Crippen LogP contribution < -0.4 is 0 Å². The van der Waals surface area contributed by atoms with Gasteiger partial charge in [-0.3, -0.25) is 0 Å². The van der Waals surface area contributed by atoms with E-state index in [1.54, 1.807) is 0 Å². The highest BCUT2D eigenvalue weighted by Gasteiger charge is 2.25. The van der Waals surface area contributed by atoms with E-state index in [0.29, 0.717) is 0 Å². The SMILES string of the molecule is CCCC(CS)CN1CCCC(C)C1C. The van der Waals surface area contributed by atoms with Gasteiger partial charge in [0.1, 0.15) is 0 Å². The van der Waals surface area contributed by atoms with Gasteiger partial charge in [-0.1, -0.05) is 20.3 Å². The number of thiol groups is 1. The zero-order valence-corrected chi connectivity index (χ0v) is 11.5. The van der Waals surface area contributed by atoms with Crippen molar-refractivity contribution in [3.63, 3.8) is 0 Å². The van der Waals surface area contributed by atoms with Crippen LogP contribution in [0.3, 0.4) is 0 Å². The first-order valence-corrected chi connectivity index (χ1v) is 7.17. The summed E-state index contributed by atoms with van der Waals surface area (Å²) < 4.78 is 0. The Labute approximate surface area is 101 Å². The third kappa shape index (κ3) is 3.99. The first-order valence-electron chi connectivity index (χ1n) is 6.54. The Hall–Kier alpha value is 0.310. The molecule has 0 spiro atoms. The molecule has 1 heterocycles. The van der Waals surface area contributed by atoms with E-state index < -0.39 is 0 Å². The molecule has 1 nitrogen and oxygen atoms in total. The number of hydrogen-bond donors (Lipinski definition) is 1. The van der Waals surface area contributed by atoms with Gasteiger partial charge in [-0.05, 0) is 50.3 Å². The highest BCUT2D eigenvalue weighted by molar-refractivity contribution is 7.80. The van der Waals surface area contributed by atoms with Crippen LogP contribution in [0.5, 0.6) is 0 Å². The van der Waals surface area contributed by atoms with Gasteiger partial charge in [-0.15, -0.1) is 0 Å². The van der Waals surface area contributed by atoms with Crippen molar-refractivity contribution in [3.05, 3.63) is 0 Å². The second-order valence-electron chi connectivity index (χ2n) is 5.19. The number of likely N-dealkylation sites (tertiary alicyclic amines) is 1. The lowest BCUT2D eigenvalue weighted by Gasteiger charge is -2.39. The molecule has 1 aliphatic heterocycles. The summed E-state index contributed by atoms with van der Waals surface area (Å²) in [7, 11) is 0. The van der Waals surface area contributed by atoms with E-state index >= 15 is 0 Å². The summed E-state index contributed by atoms with van der Waals surface area (Å²) in [5.41, 5.74) is 0. The third-order valence-corrected chi connectivity index (χ3v) is 4.47. The topological polar surface area (TPSA) is 3.24 Å². The predicted octanol–water partition coefficient (Wildman–Crippen LogP) is 3.45. The maximum atomic E-state index is 4.47. The lowest BCUT2D eigenvalue weighted by atomic mass is 9.91. The molecule has 0 saturated carbocycles. The molecule has 0 bridgehead atoms. The van der Waals surface area contributed by atoms with Gasteiger partial charge >= 0.3 is 0 Å². The van der Waals surface area contributed by atoms with E-state index in [2.05, 4.69) is 38.3 Å². The molecule has 1 saturated heterocycles. The molecule has 3 atom stereocenters. The van der Waals surface area contributed by atoms with Crippen molar-refractivity contribution in [2.45, 2.75) is 52.5 Å². The van der Waals surface area contributed by atoms with Crippen molar-refractivity contribution >= 4 is 12.6 Å². The fourth-order valence-corrected chi connectivity index (χ4v) is 2.96. The van der Waals surface area contributed by atoms with E-state index in [0.717, 1.165) is 23.6 Å². The van der Waals surface area contributed by atoms with Gasteiger partial charge in [-0.2, -0.15) is 12.6 Å². The molecule has 1 rings (SSSR count). The molecule has 1 fully saturated rings. The minimum Gasteiger partial charge on any atom is -0.300 e. The standard InChI is InChI=1S/C13H27NS/c1-4-6-13(10-15)9-14-8-5-7-11(2)12(14)3/h11-13,15H,4-10H2,1-3H3. The summed E-state index contributed by atoms with van der Waals surface area (Å²) in [4.78, 5) is 2.69. The van der Waals surface area contributed by atoms with Crippen molar-refractivity contribution in [2.75, 3.05) is 18.8 Å². The van der Waals surface area contributed by atoms with Gasteiger partial charge in [-0.25, -0.2) is 0 Å². The number of hydrogen-bond acceptors (Lipinski definition) is 2. The van der Waals surface area contributed by atoms with Crippen LogP contribution in [0, 0.1) is 11.8 Å². The van der Waals surface area contributed by atoms with Crippen LogP contribution in [0.4, 0.5) is 0 Å². The zero-order valence-electron chi connectivity index (χ0n) is 10.6. The maximum absolute atomic E-state index is 4.47. The van der Waals surface area contributed by atoms with Crippen LogP contribution in [-0.4, -0.2) is 29.8 Å². The van der Waals surface area contributed by atoms with Crippen LogP contribution in [0.25, 0.3) is 0 Å². The van der Waals surface area contributed by atoms with E-state index in [1.807, 2.05) is 0 Å². The maximum Gasteiger partial charge on any atom is 0.00926 e. The summed E-state index contributed by atoms with van der Waals surface area (Å²) in [6.07, 6.45) is 5.43. The Morgan fingerprint density at radius 2 is 2.13 bits per heavy atom. The summed E-state index contributed by atoms with van der Waals surface area (Å²) in [6, 6.07) is 0.776. The van der Waals surface area contributed by atoms with Gasteiger partial charge < -0.3 is 4.90 Å². The summed E-state index contributed by atoms with van der Waals surface area (Å²) in [5.74, 6) is 2.72. The minimum atomic E-state index is 0.776. The van der Waals surface area contributed by atoms with Crippen molar-refractivity contribution in [1.82, 2.24) is 4.90 Å². The van der Waals surface area contributed by atoms with Crippen molar-refractivity contribution in [1.29, 1.82) is 0 Å². The molecule has 0 aromatic heterocycles. The first-order chi connectivity index (χ1) is 7.19. The molecule has 15 heavy (non-hydrogen) atoms. The molecule has 2 heteroatoms. The minimum absolute atomic E-state index is 0.776. The monoisotopic (exact) mass is 229 g/mol. The molecule has 0 N–H and O–H groups in total. The Morgan fingerprint density at radius 3 is 2.73 bits per heavy atom. The largest absolute Gasteiger partial charge is 0.300 e. The summed E-state index contributed by atoms with van der Waals surface area (Å²) >= 11 is 4.47. The lowest BCUT2D eigenvalue weighted by Crippen LogP contribution is -2.44. The van der Waals surface area contributed by atoms with E-state index in [-0.39, 0.29) is 0 Å². The highest BCUT2D eigenvalue weighted by atomic mass is 32.1. The molecule has 0 aromatic carbocycles. The Morgan fingerprint density at radius 1 is 1.40 bits per heavy atom. The number of rotatable bonds is 5. The summed E-state index contributed by atoms with van der Waals surface area (Å²) in [6.45, 7) is 9.64. The van der Waals surface area contributed by atoms with E-state index in [4.69, 9.17) is 0 Å². The van der Waals surface area contributed by atoms with Crippen molar-refractivity contribution < 1.29 is 0 Å². The van der Waals surface area contributed by atoms with Crippen molar-refractivity contribution in [3.8, 4) is 0 Å². The molecule has 0 amide bonds. The van der Waals surface area contributed by atoms with Crippen LogP contribution in [-0.2, 0) is 0 Å². The fraction of sp³-hybridized carbons (Fsp3) is 1.00. The van der Waals surface area contributed by atoms with Gasteiger partial charge in [0.2, 0.25) is 0 Å². The zero-order chi connectivity index (χ0) is 11.3. The average Bonchev–Trinajstić information content (AvgIpc) is 2.24. The number of nitrogens with zero attached hydrogens (tertiary/aromatic N) is 1. The van der Waals surface area contributed by atoms with E-state index in [1.165, 1.54) is 38.8 Å². The molecule has 1 aliphatic rings. The highest BCUT2D eigenvalue weighted by Crippen LogP contribution is 2.24. The first kappa shape index (κ1) is 13.4. The van der Waals surface area contributed by atoms with Gasteiger partial charge in [0, 0.05) is 12.6 Å². The van der Waals surface area contributed by atoms with Crippen LogP contribution in [0.1, 0.15) is 46.5 Å².